The van der Waals surface area contributed by atoms with Crippen molar-refractivity contribution in [1.29, 1.82) is 0 Å². The largest absolute Gasteiger partial charge is 0.504 e. The Balaban J connectivity index is 0.602. The normalized spacial score (nSPS) is 37.2. The molecule has 3 aromatic rings. The number of aliphatic hydroxyl groups excluding tert-OH is 3. The molecule has 10 aliphatic rings. The number of carbonyl (C=O) groups excluding carboxylic acids is 2. The minimum atomic E-state index is -1.71. The first-order valence-corrected chi connectivity index (χ1v) is 30.0. The van der Waals surface area contributed by atoms with Crippen molar-refractivity contribution in [1.82, 2.24) is 15.1 Å². The van der Waals surface area contributed by atoms with Crippen LogP contribution in [0.4, 0.5) is 5.69 Å². The van der Waals surface area contributed by atoms with E-state index in [0.29, 0.717) is 54.8 Å². The van der Waals surface area contributed by atoms with E-state index >= 15 is 0 Å². The Labute approximate surface area is 451 Å². The van der Waals surface area contributed by atoms with Crippen LogP contribution in [0.25, 0.3) is 5.57 Å². The molecular formula is C58H70N4O12S2. The molecule has 2 amide bonds. The van der Waals surface area contributed by atoms with Crippen molar-refractivity contribution < 1.29 is 58.8 Å². The number of amides is 2. The van der Waals surface area contributed by atoms with E-state index in [1.807, 2.05) is 50.3 Å². The number of piperidine rings is 2. The topological polar surface area (TPSA) is 212 Å². The molecule has 13 rings (SSSR count). The molecule has 0 radical (unpaired) electrons. The number of phenolic OH excluding ortho intramolecular Hbond substituents is 1. The minimum Gasteiger partial charge on any atom is -0.504 e. The predicted molar refractivity (Wildman–Crippen MR) is 288 cm³/mol. The fourth-order valence-electron chi connectivity index (χ4n) is 15.5. The van der Waals surface area contributed by atoms with Crippen molar-refractivity contribution in [3.63, 3.8) is 0 Å². The number of anilines is 1. The summed E-state index contributed by atoms with van der Waals surface area (Å²) in [6.45, 7) is 11.9. The van der Waals surface area contributed by atoms with Crippen molar-refractivity contribution >= 4 is 44.7 Å². The van der Waals surface area contributed by atoms with Crippen LogP contribution in [-0.4, -0.2) is 165 Å². The van der Waals surface area contributed by atoms with Crippen LogP contribution in [0.2, 0.25) is 0 Å². The van der Waals surface area contributed by atoms with E-state index in [1.54, 1.807) is 6.07 Å². The van der Waals surface area contributed by atoms with Crippen molar-refractivity contribution in [2.45, 2.75) is 143 Å². The van der Waals surface area contributed by atoms with Crippen molar-refractivity contribution in [2.75, 3.05) is 56.7 Å². The Bertz CT molecular complexity index is 2880. The van der Waals surface area contributed by atoms with Crippen molar-refractivity contribution in [3.8, 4) is 23.0 Å². The molecule has 76 heavy (non-hydrogen) atoms. The fourth-order valence-corrected chi connectivity index (χ4v) is 17.4. The summed E-state index contributed by atoms with van der Waals surface area (Å²) in [5.74, 6) is 2.86. The average molecular weight is 1080 g/mol. The van der Waals surface area contributed by atoms with E-state index in [1.165, 1.54) is 40.0 Å². The molecule has 3 aromatic carbocycles. The highest BCUT2D eigenvalue weighted by molar-refractivity contribution is 8.76. The number of nitrogens with one attached hydrogen (secondary N) is 2. The summed E-state index contributed by atoms with van der Waals surface area (Å²) in [4.78, 5) is 32.0. The average Bonchev–Trinajstić information content (AvgIpc) is 3.37. The highest BCUT2D eigenvalue weighted by atomic mass is 33.1. The number of aromatic hydroxyl groups is 1. The molecule has 5 aliphatic carbocycles. The van der Waals surface area contributed by atoms with Crippen LogP contribution >= 0.6 is 21.6 Å². The first-order valence-electron chi connectivity index (χ1n) is 27.5. The molecule has 15 atom stereocenters. The summed E-state index contributed by atoms with van der Waals surface area (Å²) in [7, 11) is 5.16. The zero-order valence-corrected chi connectivity index (χ0v) is 45.0. The molecule has 2 spiro atoms. The van der Waals surface area contributed by atoms with E-state index in [9.17, 15) is 35.1 Å². The molecule has 5 heterocycles. The molecule has 5 aliphatic heterocycles. The summed E-state index contributed by atoms with van der Waals surface area (Å²) < 4.78 is 32.3. The Kier molecular flexibility index (Phi) is 12.9. The molecule has 7 N–H and O–H groups in total. The van der Waals surface area contributed by atoms with E-state index < -0.39 is 71.4 Å². The SMILES string of the molecule is C=C1c2cccc(NC(=O)CCSSCCNC(=O)[C@H]3O[C@@H](O[C@H]4C=CC5[C@H]6Cc7ccc(OCC)c8c7[C@@]5(CCN6C)[C@H]4O8)[C@H](O)[C@@H](O)[C@@H]3O)c2CC1[C@@H]1Oc2c(O)ccc3c2[C@@]12CCN(CC1CC1)[C@H](C3)[C@@]2(C)O. The Morgan fingerprint density at radius 2 is 1.70 bits per heavy atom. The summed E-state index contributed by atoms with van der Waals surface area (Å²) in [5.41, 5.74) is 5.79. The van der Waals surface area contributed by atoms with Gasteiger partial charge in [0.25, 0.3) is 5.91 Å². The predicted octanol–water partition coefficient (Wildman–Crippen LogP) is 4.63. The Morgan fingerprint density at radius 1 is 0.908 bits per heavy atom. The molecular weight excluding hydrogens is 1010 g/mol. The molecule has 406 valence electrons. The molecule has 4 fully saturated rings. The van der Waals surface area contributed by atoms with Crippen LogP contribution in [0, 0.1) is 17.8 Å². The van der Waals surface area contributed by atoms with Crippen LogP contribution in [0.1, 0.15) is 79.3 Å². The monoisotopic (exact) mass is 1080 g/mol. The van der Waals surface area contributed by atoms with Gasteiger partial charge in [-0.2, -0.15) is 0 Å². The lowest BCUT2D eigenvalue weighted by Crippen LogP contribution is -2.73. The Hall–Kier alpha value is -4.34. The number of nitrogens with zero attached hydrogens (tertiary/aromatic N) is 2. The molecule has 3 saturated heterocycles. The Morgan fingerprint density at radius 3 is 2.51 bits per heavy atom. The quantitative estimate of drug-likeness (QED) is 0.0592. The number of carbonyl (C=O) groups is 2. The van der Waals surface area contributed by atoms with Gasteiger partial charge in [-0.05, 0) is 131 Å². The number of hydrogen-bond donors (Lipinski definition) is 7. The minimum absolute atomic E-state index is 0.0715. The maximum atomic E-state index is 13.6. The highest BCUT2D eigenvalue weighted by Crippen LogP contribution is 2.66. The third-order valence-electron chi connectivity index (χ3n) is 19.3. The van der Waals surface area contributed by atoms with Gasteiger partial charge in [0.1, 0.15) is 36.6 Å². The van der Waals surface area contributed by atoms with Crippen molar-refractivity contribution in [3.05, 3.63) is 94.6 Å². The number of ether oxygens (including phenoxy) is 5. The number of phenols is 1. The number of likely N-dealkylation sites (N-methyl/N-ethyl adjacent to an activating group) is 1. The third kappa shape index (κ3) is 7.76. The number of benzene rings is 3. The van der Waals surface area contributed by atoms with E-state index in [4.69, 9.17) is 23.7 Å². The summed E-state index contributed by atoms with van der Waals surface area (Å²) >= 11 is 0. The van der Waals surface area contributed by atoms with Crippen LogP contribution in [-0.2, 0) is 49.2 Å². The van der Waals surface area contributed by atoms with Crippen LogP contribution < -0.4 is 24.8 Å². The van der Waals surface area contributed by atoms with Crippen LogP contribution in [0.15, 0.2) is 61.2 Å². The van der Waals surface area contributed by atoms with E-state index in [2.05, 4.69) is 46.2 Å². The number of likely N-dealkylation sites (tertiary alicyclic amines) is 2. The number of fused-ring (bicyclic) bond motifs is 2. The van der Waals surface area contributed by atoms with Gasteiger partial charge < -0.3 is 64.8 Å². The van der Waals surface area contributed by atoms with Gasteiger partial charge in [-0.25, -0.2) is 0 Å². The number of hydrogen-bond acceptors (Lipinski definition) is 16. The lowest BCUT2D eigenvalue weighted by Gasteiger charge is -2.60. The maximum absolute atomic E-state index is 13.6. The third-order valence-corrected chi connectivity index (χ3v) is 21.7. The van der Waals surface area contributed by atoms with Crippen LogP contribution in [0.3, 0.4) is 0 Å². The smallest absolute Gasteiger partial charge is 0.252 e. The summed E-state index contributed by atoms with van der Waals surface area (Å²) in [6, 6.07) is 14.0. The fraction of sp³-hybridized carbons (Fsp3) is 0.586. The lowest BCUT2D eigenvalue weighted by molar-refractivity contribution is -0.304. The van der Waals surface area contributed by atoms with Crippen LogP contribution in [0.5, 0.6) is 23.0 Å². The van der Waals surface area contributed by atoms with Gasteiger partial charge in [0.2, 0.25) is 5.91 Å². The molecule has 1 saturated carbocycles. The van der Waals surface area contributed by atoms with E-state index in [0.717, 1.165) is 77.3 Å². The van der Waals surface area contributed by atoms with Gasteiger partial charge in [-0.1, -0.05) is 64.6 Å². The maximum Gasteiger partial charge on any atom is 0.252 e. The second-order valence-corrected chi connectivity index (χ2v) is 26.0. The molecule has 4 bridgehead atoms. The molecule has 18 heteroatoms. The first-order chi connectivity index (χ1) is 36.7. The lowest BCUT2D eigenvalue weighted by atomic mass is 9.52. The van der Waals surface area contributed by atoms with Gasteiger partial charge in [-0.15, -0.1) is 0 Å². The summed E-state index contributed by atoms with van der Waals surface area (Å²) in [5, 5.41) is 63.2. The first kappa shape index (κ1) is 51.1. The summed E-state index contributed by atoms with van der Waals surface area (Å²) in [6.07, 6.45) is 0.893. The van der Waals surface area contributed by atoms with Crippen molar-refractivity contribution in [2.24, 2.45) is 17.8 Å². The van der Waals surface area contributed by atoms with Gasteiger partial charge in [0.15, 0.2) is 35.4 Å². The second-order valence-electron chi connectivity index (χ2n) is 23.3. The number of aliphatic hydroxyl groups is 4. The molecule has 0 aromatic heterocycles. The van der Waals surface area contributed by atoms with E-state index in [-0.39, 0.29) is 48.5 Å². The standard InChI is InChI=1S/C58H70N4O12S2/c1-5-70-40-15-12-31-25-38-36-13-16-41(53-57(36,18-21-61(38)4)44(31)50(40)73-53)71-55-48(67)46(65)47(66)51(74-55)54(68)59-20-24-76-75-23-17-43(64)60-37-8-6-7-33-29(2)34(27-35(33)37)52-58-19-22-62(28-30-9-10-30)42(56(58,3)69)26-32-11-14-39(63)49(72-52)45(32)58/h6-8,11-16,30,34,36,38,41-42,46-48,51-53,55,63,65-67,69H,2,5,9-10,17-28H2,1,3-4H3,(H,59,68)(H,60,64)/t34?,36?,38-,41+,42-,46+,47+,48-,51+,52+,53+,55-,56-,57+,58+/m1/s1. The molecule has 2 unspecified atom stereocenters. The molecule has 16 nitrogen and oxygen atoms in total. The van der Waals surface area contributed by atoms with Gasteiger partial charge in [-0.3, -0.25) is 14.5 Å². The van der Waals surface area contributed by atoms with Gasteiger partial charge >= 0.3 is 0 Å². The van der Waals surface area contributed by atoms with Gasteiger partial charge in [0.05, 0.1) is 17.6 Å². The van der Waals surface area contributed by atoms with Gasteiger partial charge in [0, 0.05) is 77.2 Å². The zero-order chi connectivity index (χ0) is 52.6. The second kappa shape index (κ2) is 19.2. The number of rotatable bonds is 16. The highest BCUT2D eigenvalue weighted by Gasteiger charge is 2.70. The zero-order valence-electron chi connectivity index (χ0n) is 43.3.